The molecule has 2 fully saturated rings. The molecule has 2 aliphatic heterocycles. The Bertz CT molecular complexity index is 1420. The Kier molecular flexibility index (Phi) is 7.60. The number of aliphatic hydroxyl groups is 6. The molecule has 9 atom stereocenters. The van der Waals surface area contributed by atoms with E-state index < -0.39 is 78.8 Å². The first-order valence-electron chi connectivity index (χ1n) is 12.3. The summed E-state index contributed by atoms with van der Waals surface area (Å²) < 4.78 is 27.9. The van der Waals surface area contributed by atoms with E-state index in [-0.39, 0.29) is 33.8 Å². The zero-order chi connectivity index (χ0) is 28.9. The fraction of sp³-hybridized carbons (Fsp3) is 0.423. The van der Waals surface area contributed by atoms with Gasteiger partial charge in [-0.3, -0.25) is 4.79 Å². The minimum Gasteiger partial charge on any atom is -0.508 e. The van der Waals surface area contributed by atoms with E-state index in [1.165, 1.54) is 37.3 Å². The maximum absolute atomic E-state index is 13.6. The molecule has 3 aromatic rings. The number of phenols is 2. The van der Waals surface area contributed by atoms with E-state index in [4.69, 9.17) is 23.4 Å². The molecular formula is C26H28O14. The molecule has 2 aromatic carbocycles. The molecule has 216 valence electrons. The molecule has 2 saturated heterocycles. The number of phenolic OH excluding ortho intramolecular Hbond substituents is 2. The van der Waals surface area contributed by atoms with Gasteiger partial charge in [-0.05, 0) is 31.2 Å². The third kappa shape index (κ3) is 4.95. The van der Waals surface area contributed by atoms with E-state index in [0.717, 1.165) is 6.07 Å². The summed E-state index contributed by atoms with van der Waals surface area (Å²) in [5.74, 6) is -1.54. The number of benzene rings is 2. The molecule has 0 saturated carbocycles. The van der Waals surface area contributed by atoms with Gasteiger partial charge >= 0.3 is 0 Å². The average Bonchev–Trinajstić information content (AvgIpc) is 3.19. The average molecular weight is 564 g/mol. The van der Waals surface area contributed by atoms with Crippen molar-refractivity contribution < 1.29 is 64.2 Å². The summed E-state index contributed by atoms with van der Waals surface area (Å²) in [5.41, 5.74) is -0.860. The second-order valence-corrected chi connectivity index (χ2v) is 9.58. The van der Waals surface area contributed by atoms with Crippen molar-refractivity contribution in [2.24, 2.45) is 0 Å². The molecule has 1 aromatic heterocycles. The molecule has 14 nitrogen and oxygen atoms in total. The molecule has 0 amide bonds. The van der Waals surface area contributed by atoms with Crippen LogP contribution in [-0.2, 0) is 9.47 Å². The maximum Gasteiger partial charge on any atom is 0.239 e. The third-order valence-corrected chi connectivity index (χ3v) is 6.83. The smallest absolute Gasteiger partial charge is 0.239 e. The molecule has 0 unspecified atom stereocenters. The summed E-state index contributed by atoms with van der Waals surface area (Å²) >= 11 is 0. The third-order valence-electron chi connectivity index (χ3n) is 6.83. The van der Waals surface area contributed by atoms with Gasteiger partial charge in [0.15, 0.2) is 5.76 Å². The van der Waals surface area contributed by atoms with Crippen molar-refractivity contribution in [1.29, 1.82) is 0 Å². The lowest BCUT2D eigenvalue weighted by atomic mass is 10.00. The summed E-state index contributed by atoms with van der Waals surface area (Å²) in [5, 5.41) is 80.2. The minimum atomic E-state index is -1.76. The first-order chi connectivity index (χ1) is 19.0. The summed E-state index contributed by atoms with van der Waals surface area (Å²) in [7, 11) is 0. The van der Waals surface area contributed by atoms with E-state index in [9.17, 15) is 45.6 Å². The molecule has 0 aliphatic carbocycles. The van der Waals surface area contributed by atoms with Gasteiger partial charge < -0.3 is 64.2 Å². The molecule has 0 spiro atoms. The van der Waals surface area contributed by atoms with Gasteiger partial charge in [-0.1, -0.05) is 0 Å². The van der Waals surface area contributed by atoms with Crippen molar-refractivity contribution in [3.8, 4) is 34.3 Å². The fourth-order valence-corrected chi connectivity index (χ4v) is 4.56. The Labute approximate surface area is 225 Å². The number of aliphatic hydroxyl groups excluding tert-OH is 6. The second kappa shape index (κ2) is 10.8. The molecule has 0 radical (unpaired) electrons. The standard InChI is InChI=1S/C26H28O14/c1-9-17(30)20(33)22(35)25(36-9)40-24-19(32)16-13(29)6-12(37-26-21(34)18(31)15(8-27)39-26)7-14(16)38-23(24)10-2-4-11(28)5-3-10/h2-7,9,15,17-18,20-22,25-31,33-35H,8H2,1H3/t9-,15-,17-,18-,20+,21+,22+,25-,26+/m0/s1. The van der Waals surface area contributed by atoms with Gasteiger partial charge in [0.2, 0.25) is 23.8 Å². The number of hydrogen-bond acceptors (Lipinski definition) is 14. The van der Waals surface area contributed by atoms with Gasteiger partial charge in [0, 0.05) is 17.7 Å². The van der Waals surface area contributed by atoms with Crippen molar-refractivity contribution in [3.05, 3.63) is 46.6 Å². The lowest BCUT2D eigenvalue weighted by Crippen LogP contribution is -2.58. The predicted molar refractivity (Wildman–Crippen MR) is 133 cm³/mol. The highest BCUT2D eigenvalue weighted by atomic mass is 16.7. The van der Waals surface area contributed by atoms with Crippen LogP contribution in [0.25, 0.3) is 22.3 Å². The van der Waals surface area contributed by atoms with Crippen LogP contribution in [0, 0.1) is 0 Å². The van der Waals surface area contributed by atoms with Crippen molar-refractivity contribution in [2.45, 2.75) is 62.2 Å². The maximum atomic E-state index is 13.6. The SMILES string of the molecule is C[C@@H]1O[C@@H](Oc2c(-c3ccc(O)cc3)oc3cc(O[C@@H]4O[C@@H](CO)[C@H](O)[C@H]4O)cc(O)c3c2=O)[C@H](O)[C@H](O)[C@H]1O. The van der Waals surface area contributed by atoms with Crippen molar-refractivity contribution in [2.75, 3.05) is 6.61 Å². The highest BCUT2D eigenvalue weighted by Gasteiger charge is 2.45. The summed E-state index contributed by atoms with van der Waals surface area (Å²) in [6.07, 6.45) is -12.9. The van der Waals surface area contributed by atoms with Crippen LogP contribution in [0.5, 0.6) is 23.0 Å². The van der Waals surface area contributed by atoms with Gasteiger partial charge in [0.25, 0.3) is 0 Å². The van der Waals surface area contributed by atoms with Crippen LogP contribution < -0.4 is 14.9 Å². The van der Waals surface area contributed by atoms with E-state index >= 15 is 0 Å². The van der Waals surface area contributed by atoms with Crippen molar-refractivity contribution in [3.63, 3.8) is 0 Å². The number of hydrogen-bond donors (Lipinski definition) is 8. The van der Waals surface area contributed by atoms with Gasteiger partial charge in [-0.2, -0.15) is 0 Å². The van der Waals surface area contributed by atoms with E-state index in [2.05, 4.69) is 0 Å². The first kappa shape index (κ1) is 28.1. The number of fused-ring (bicyclic) bond motifs is 1. The largest absolute Gasteiger partial charge is 0.508 e. The molecule has 3 heterocycles. The monoisotopic (exact) mass is 564 g/mol. The molecule has 40 heavy (non-hydrogen) atoms. The zero-order valence-electron chi connectivity index (χ0n) is 20.9. The van der Waals surface area contributed by atoms with E-state index in [1.54, 1.807) is 0 Å². The van der Waals surface area contributed by atoms with Crippen LogP contribution in [0.1, 0.15) is 6.92 Å². The molecule has 2 aliphatic rings. The number of rotatable bonds is 6. The lowest BCUT2D eigenvalue weighted by Gasteiger charge is -2.38. The molecule has 5 rings (SSSR count). The summed E-state index contributed by atoms with van der Waals surface area (Å²) in [6, 6.07) is 7.70. The molecule has 14 heteroatoms. The second-order valence-electron chi connectivity index (χ2n) is 9.58. The van der Waals surface area contributed by atoms with Crippen LogP contribution in [0.2, 0.25) is 0 Å². The topological polar surface area (TPSA) is 229 Å². The molecule has 8 N–H and O–H groups in total. The highest BCUT2D eigenvalue weighted by molar-refractivity contribution is 5.88. The Morgan fingerprint density at radius 2 is 1.48 bits per heavy atom. The Hall–Kier alpha value is -3.47. The van der Waals surface area contributed by atoms with Crippen LogP contribution >= 0.6 is 0 Å². The van der Waals surface area contributed by atoms with Gasteiger partial charge in [0.05, 0.1) is 12.7 Å². The predicted octanol–water partition coefficient (Wildman–Crippen LogP) is -1.10. The van der Waals surface area contributed by atoms with Crippen molar-refractivity contribution >= 4 is 11.0 Å². The normalized spacial score (nSPS) is 32.3. The Morgan fingerprint density at radius 3 is 2.12 bits per heavy atom. The highest BCUT2D eigenvalue weighted by Crippen LogP contribution is 2.38. The van der Waals surface area contributed by atoms with Gasteiger partial charge in [0.1, 0.15) is 64.8 Å². The molecule has 0 bridgehead atoms. The fourth-order valence-electron chi connectivity index (χ4n) is 4.56. The summed E-state index contributed by atoms with van der Waals surface area (Å²) in [6.45, 7) is 0.850. The number of aromatic hydroxyl groups is 2. The van der Waals surface area contributed by atoms with Crippen LogP contribution in [-0.4, -0.2) is 103 Å². The van der Waals surface area contributed by atoms with Gasteiger partial charge in [-0.15, -0.1) is 0 Å². The quantitative estimate of drug-likeness (QED) is 0.178. The van der Waals surface area contributed by atoms with Crippen LogP contribution in [0.15, 0.2) is 45.6 Å². The van der Waals surface area contributed by atoms with Crippen molar-refractivity contribution in [1.82, 2.24) is 0 Å². The van der Waals surface area contributed by atoms with Gasteiger partial charge in [-0.25, -0.2) is 0 Å². The molecular weight excluding hydrogens is 536 g/mol. The zero-order valence-corrected chi connectivity index (χ0v) is 20.9. The van der Waals surface area contributed by atoms with Crippen LogP contribution in [0.4, 0.5) is 0 Å². The van der Waals surface area contributed by atoms with E-state index in [0.29, 0.717) is 0 Å². The first-order valence-corrected chi connectivity index (χ1v) is 12.3. The van der Waals surface area contributed by atoms with Crippen LogP contribution in [0.3, 0.4) is 0 Å². The number of ether oxygens (including phenoxy) is 4. The summed E-state index contributed by atoms with van der Waals surface area (Å²) in [4.78, 5) is 13.6. The lowest BCUT2D eigenvalue weighted by molar-refractivity contribution is -0.268. The van der Waals surface area contributed by atoms with E-state index in [1.807, 2.05) is 0 Å². The Balaban J connectivity index is 1.59. The minimum absolute atomic E-state index is 0.0850. The Morgan fingerprint density at radius 1 is 0.825 bits per heavy atom.